The highest BCUT2D eigenvalue weighted by Gasteiger charge is 2.25. The summed E-state index contributed by atoms with van der Waals surface area (Å²) in [5.74, 6) is 0.625. The standard InChI is InChI=1S/C26H26BrN7O2/c27-22-2-1-17(12-29-22)15-33-7-3-20(4-8-33)34-16-30-24-23(18-5-9-36-10-6-18)31-25(32-26(24)34)19-11-21(35)14-28-13-19/h1-2,5,11-14,16,20,35H,3-4,6-10,15H2. The van der Waals surface area contributed by atoms with Gasteiger partial charge in [-0.25, -0.2) is 19.9 Å². The molecule has 4 aromatic heterocycles. The van der Waals surface area contributed by atoms with E-state index in [0.29, 0.717) is 30.6 Å². The minimum atomic E-state index is 0.0879. The van der Waals surface area contributed by atoms with Crippen molar-refractivity contribution in [3.63, 3.8) is 0 Å². The monoisotopic (exact) mass is 547 g/mol. The SMILES string of the molecule is Oc1cncc(-c2nc(C3=CCOCC3)c3ncn(C4CCN(Cc5ccc(Br)nc5)CC4)c3n2)c1. The minimum Gasteiger partial charge on any atom is -0.506 e. The highest BCUT2D eigenvalue weighted by atomic mass is 79.9. The summed E-state index contributed by atoms with van der Waals surface area (Å²) in [6, 6.07) is 6.06. The van der Waals surface area contributed by atoms with Crippen LogP contribution in [0.15, 0.2) is 53.8 Å². The fraction of sp³-hybridized carbons (Fsp3) is 0.346. The number of fused-ring (bicyclic) bond motifs is 1. The maximum Gasteiger partial charge on any atom is 0.164 e. The van der Waals surface area contributed by atoms with E-state index in [1.165, 1.54) is 11.8 Å². The molecule has 2 aliphatic rings. The second-order valence-corrected chi connectivity index (χ2v) is 10.0. The van der Waals surface area contributed by atoms with Gasteiger partial charge in [-0.15, -0.1) is 0 Å². The Bertz CT molecular complexity index is 1410. The maximum absolute atomic E-state index is 9.99. The van der Waals surface area contributed by atoms with Crippen molar-refractivity contribution in [2.45, 2.75) is 31.8 Å². The first-order valence-corrected chi connectivity index (χ1v) is 12.9. The Morgan fingerprint density at radius 3 is 2.72 bits per heavy atom. The average molecular weight is 548 g/mol. The Labute approximate surface area is 217 Å². The van der Waals surface area contributed by atoms with Gasteiger partial charge in [-0.1, -0.05) is 12.1 Å². The van der Waals surface area contributed by atoms with Crippen LogP contribution in [0, 0.1) is 0 Å². The number of pyridine rings is 2. The summed E-state index contributed by atoms with van der Waals surface area (Å²) in [4.78, 5) is 25.5. The topological polar surface area (TPSA) is 102 Å². The molecule has 2 aliphatic heterocycles. The Hall–Kier alpha value is -3.21. The summed E-state index contributed by atoms with van der Waals surface area (Å²) in [5, 5.41) is 9.99. The van der Waals surface area contributed by atoms with E-state index in [2.05, 4.69) is 47.5 Å². The molecule has 1 saturated heterocycles. The molecule has 0 unspecified atom stereocenters. The van der Waals surface area contributed by atoms with Crippen molar-refractivity contribution in [1.29, 1.82) is 0 Å². The molecule has 36 heavy (non-hydrogen) atoms. The molecular formula is C26H26BrN7O2. The van der Waals surface area contributed by atoms with E-state index in [1.807, 2.05) is 18.6 Å². The normalized spacial score (nSPS) is 17.4. The predicted molar refractivity (Wildman–Crippen MR) is 139 cm³/mol. The molecule has 6 rings (SSSR count). The van der Waals surface area contributed by atoms with E-state index >= 15 is 0 Å². The van der Waals surface area contributed by atoms with Crippen LogP contribution in [0.4, 0.5) is 0 Å². The van der Waals surface area contributed by atoms with Crippen molar-refractivity contribution >= 4 is 32.7 Å². The number of rotatable bonds is 5. The Balaban J connectivity index is 1.31. The van der Waals surface area contributed by atoms with Crippen LogP contribution in [-0.4, -0.2) is 65.8 Å². The Morgan fingerprint density at radius 2 is 1.97 bits per heavy atom. The number of ether oxygens (including phenoxy) is 1. The van der Waals surface area contributed by atoms with Gasteiger partial charge in [-0.05, 0) is 58.5 Å². The molecule has 184 valence electrons. The average Bonchev–Trinajstić information content (AvgIpc) is 3.34. The van der Waals surface area contributed by atoms with Crippen LogP contribution in [0.1, 0.15) is 36.6 Å². The maximum atomic E-state index is 9.99. The number of halogens is 1. The summed E-state index contributed by atoms with van der Waals surface area (Å²) in [7, 11) is 0. The molecule has 1 N–H and O–H groups in total. The van der Waals surface area contributed by atoms with Gasteiger partial charge in [0.25, 0.3) is 0 Å². The number of likely N-dealkylation sites (tertiary alicyclic amines) is 1. The van der Waals surface area contributed by atoms with E-state index in [1.54, 1.807) is 12.3 Å². The van der Waals surface area contributed by atoms with Crippen molar-refractivity contribution in [2.75, 3.05) is 26.3 Å². The highest BCUT2D eigenvalue weighted by Crippen LogP contribution is 2.32. The van der Waals surface area contributed by atoms with Gasteiger partial charge in [0.2, 0.25) is 0 Å². The molecule has 0 aliphatic carbocycles. The molecule has 0 amide bonds. The number of piperidine rings is 1. The molecular weight excluding hydrogens is 522 g/mol. The van der Waals surface area contributed by atoms with Gasteiger partial charge in [-0.2, -0.15) is 0 Å². The van der Waals surface area contributed by atoms with E-state index in [9.17, 15) is 5.11 Å². The van der Waals surface area contributed by atoms with E-state index in [0.717, 1.165) is 65.9 Å². The van der Waals surface area contributed by atoms with Gasteiger partial charge in [0.05, 0.1) is 31.4 Å². The third kappa shape index (κ3) is 4.76. The molecule has 1 fully saturated rings. The Morgan fingerprint density at radius 1 is 1.08 bits per heavy atom. The summed E-state index contributed by atoms with van der Waals surface area (Å²) in [5.41, 5.74) is 5.48. The molecule has 9 nitrogen and oxygen atoms in total. The van der Waals surface area contributed by atoms with Crippen LogP contribution in [0.2, 0.25) is 0 Å². The van der Waals surface area contributed by atoms with E-state index < -0.39 is 0 Å². The lowest BCUT2D eigenvalue weighted by molar-refractivity contribution is 0.161. The van der Waals surface area contributed by atoms with Crippen LogP contribution in [-0.2, 0) is 11.3 Å². The Kier molecular flexibility index (Phi) is 6.47. The molecule has 6 heterocycles. The van der Waals surface area contributed by atoms with Crippen molar-refractivity contribution < 1.29 is 9.84 Å². The summed E-state index contributed by atoms with van der Waals surface area (Å²) < 4.78 is 8.59. The molecule has 10 heteroatoms. The van der Waals surface area contributed by atoms with Crippen molar-refractivity contribution in [2.24, 2.45) is 0 Å². The van der Waals surface area contributed by atoms with Gasteiger partial charge in [0, 0.05) is 43.6 Å². The molecule has 0 aromatic carbocycles. The van der Waals surface area contributed by atoms with Crippen molar-refractivity contribution in [1.82, 2.24) is 34.4 Å². The number of nitrogens with zero attached hydrogens (tertiary/aromatic N) is 7. The third-order valence-electron chi connectivity index (χ3n) is 6.82. The second kappa shape index (κ2) is 10.0. The molecule has 4 aromatic rings. The zero-order chi connectivity index (χ0) is 24.5. The lowest BCUT2D eigenvalue weighted by atomic mass is 10.0. The van der Waals surface area contributed by atoms with Crippen LogP contribution in [0.3, 0.4) is 0 Å². The quantitative estimate of drug-likeness (QED) is 0.367. The van der Waals surface area contributed by atoms with Crippen LogP contribution in [0.5, 0.6) is 5.75 Å². The lowest BCUT2D eigenvalue weighted by Crippen LogP contribution is -2.34. The van der Waals surface area contributed by atoms with E-state index in [4.69, 9.17) is 19.7 Å². The van der Waals surface area contributed by atoms with Gasteiger partial charge in [-0.3, -0.25) is 9.88 Å². The summed E-state index contributed by atoms with van der Waals surface area (Å²) in [6.07, 6.45) is 11.8. The van der Waals surface area contributed by atoms with Crippen molar-refractivity contribution in [3.8, 4) is 17.1 Å². The van der Waals surface area contributed by atoms with Crippen molar-refractivity contribution in [3.05, 3.63) is 65.1 Å². The molecule has 0 spiro atoms. The van der Waals surface area contributed by atoms with Crippen LogP contribution < -0.4 is 0 Å². The zero-order valence-electron chi connectivity index (χ0n) is 19.7. The van der Waals surface area contributed by atoms with Gasteiger partial charge in [0.15, 0.2) is 11.5 Å². The minimum absolute atomic E-state index is 0.0879. The van der Waals surface area contributed by atoms with Gasteiger partial charge in [0.1, 0.15) is 15.9 Å². The first-order chi connectivity index (χ1) is 17.6. The van der Waals surface area contributed by atoms with Crippen LogP contribution in [0.25, 0.3) is 28.1 Å². The second-order valence-electron chi connectivity index (χ2n) is 9.20. The molecule has 0 atom stereocenters. The number of hydrogen-bond donors (Lipinski definition) is 1. The number of hydrogen-bond acceptors (Lipinski definition) is 8. The summed E-state index contributed by atoms with van der Waals surface area (Å²) >= 11 is 3.40. The fourth-order valence-electron chi connectivity index (χ4n) is 4.94. The lowest BCUT2D eigenvalue weighted by Gasteiger charge is -2.32. The largest absolute Gasteiger partial charge is 0.506 e. The molecule has 0 radical (unpaired) electrons. The number of imidazole rings is 1. The van der Waals surface area contributed by atoms with E-state index in [-0.39, 0.29) is 5.75 Å². The fourth-order valence-corrected chi connectivity index (χ4v) is 5.18. The molecule has 0 saturated carbocycles. The van der Waals surface area contributed by atoms with Gasteiger partial charge >= 0.3 is 0 Å². The first-order valence-electron chi connectivity index (χ1n) is 12.1. The first kappa shape index (κ1) is 23.2. The van der Waals surface area contributed by atoms with Gasteiger partial charge < -0.3 is 14.4 Å². The third-order valence-corrected chi connectivity index (χ3v) is 7.29. The van der Waals surface area contributed by atoms with Crippen LogP contribution >= 0.6 is 15.9 Å². The smallest absolute Gasteiger partial charge is 0.164 e. The zero-order valence-corrected chi connectivity index (χ0v) is 21.3. The number of aromatic hydroxyl groups is 1. The summed E-state index contributed by atoms with van der Waals surface area (Å²) in [6.45, 7) is 4.10. The predicted octanol–water partition coefficient (Wildman–Crippen LogP) is 4.39. The molecule has 0 bridgehead atoms. The highest BCUT2D eigenvalue weighted by molar-refractivity contribution is 9.10. The number of aromatic nitrogens is 6.